The van der Waals surface area contributed by atoms with Gasteiger partial charge in [-0.2, -0.15) is 0 Å². The number of amides is 1. The lowest BCUT2D eigenvalue weighted by atomic mass is 10.1. The maximum absolute atomic E-state index is 12.5. The van der Waals surface area contributed by atoms with Gasteiger partial charge in [0, 0.05) is 22.7 Å². The predicted molar refractivity (Wildman–Crippen MR) is 108 cm³/mol. The Morgan fingerprint density at radius 3 is 2.93 bits per heavy atom. The summed E-state index contributed by atoms with van der Waals surface area (Å²) in [4.78, 5) is 18.7. The number of carbonyl (C=O) groups excluding carboxylic acids is 1. The van der Waals surface area contributed by atoms with Gasteiger partial charge in [0.1, 0.15) is 0 Å². The lowest BCUT2D eigenvalue weighted by molar-refractivity contribution is -0.117. The summed E-state index contributed by atoms with van der Waals surface area (Å²) in [6.07, 6.45) is 5.91. The number of thiazole rings is 1. The van der Waals surface area contributed by atoms with E-state index in [4.69, 9.17) is 6.42 Å². The van der Waals surface area contributed by atoms with E-state index in [1.54, 1.807) is 16.2 Å². The van der Waals surface area contributed by atoms with Crippen LogP contribution in [0, 0.1) is 19.3 Å². The number of hydrogen-bond acceptors (Lipinski definition) is 6. The third kappa shape index (κ3) is 5.16. The summed E-state index contributed by atoms with van der Waals surface area (Å²) in [7, 11) is -3.04. The van der Waals surface area contributed by atoms with E-state index >= 15 is 0 Å². The molecule has 1 unspecified atom stereocenters. The second kappa shape index (κ2) is 8.21. The molecule has 0 spiro atoms. The van der Waals surface area contributed by atoms with Crippen LogP contribution in [0.15, 0.2) is 29.6 Å². The number of benzene rings is 1. The Morgan fingerprint density at radius 1 is 1.48 bits per heavy atom. The summed E-state index contributed by atoms with van der Waals surface area (Å²) < 4.78 is 23.4. The van der Waals surface area contributed by atoms with Gasteiger partial charge < -0.3 is 5.32 Å². The number of sulfone groups is 1. The highest BCUT2D eigenvalue weighted by Crippen LogP contribution is 2.24. The molecule has 0 saturated carbocycles. The van der Waals surface area contributed by atoms with E-state index in [1.807, 2.05) is 36.6 Å². The first-order chi connectivity index (χ1) is 12.9. The number of carbonyl (C=O) groups is 1. The molecule has 1 amide bonds. The number of aromatic nitrogens is 1. The average Bonchev–Trinajstić information content (AvgIpc) is 3.20. The molecular weight excluding hydrogens is 382 g/mol. The number of terminal acetylenes is 1. The van der Waals surface area contributed by atoms with Crippen LogP contribution in [0.3, 0.4) is 0 Å². The fraction of sp³-hybridized carbons (Fsp3) is 0.368. The first-order valence-corrected chi connectivity index (χ1v) is 11.3. The number of nitrogens with zero attached hydrogens (tertiary/aromatic N) is 2. The van der Waals surface area contributed by atoms with Crippen LogP contribution in [0.1, 0.15) is 11.4 Å². The standard InChI is InChI=1S/C19H21N3O3S2/c1-3-8-22(17-7-9-27(24,25)13-17)11-19(23)21-16-6-4-5-15(10-16)18-12-26-14(2)20-18/h1,4-6,10,12,17H,7-9,11,13H2,2H3,(H,21,23). The molecule has 3 rings (SSSR count). The molecule has 1 aromatic heterocycles. The minimum absolute atomic E-state index is 0.0562. The quantitative estimate of drug-likeness (QED) is 0.748. The smallest absolute Gasteiger partial charge is 0.238 e. The Balaban J connectivity index is 1.66. The first-order valence-electron chi connectivity index (χ1n) is 8.56. The maximum Gasteiger partial charge on any atom is 0.238 e. The van der Waals surface area contributed by atoms with E-state index in [9.17, 15) is 13.2 Å². The zero-order valence-electron chi connectivity index (χ0n) is 15.0. The van der Waals surface area contributed by atoms with Crippen LogP contribution in [0.5, 0.6) is 0 Å². The second-order valence-electron chi connectivity index (χ2n) is 6.55. The Bertz CT molecular complexity index is 976. The van der Waals surface area contributed by atoms with Gasteiger partial charge in [0.25, 0.3) is 0 Å². The van der Waals surface area contributed by atoms with Crippen molar-refractivity contribution in [2.24, 2.45) is 0 Å². The molecule has 142 valence electrons. The van der Waals surface area contributed by atoms with E-state index in [2.05, 4.69) is 16.2 Å². The molecular formula is C19H21N3O3S2. The van der Waals surface area contributed by atoms with Gasteiger partial charge in [-0.15, -0.1) is 17.8 Å². The van der Waals surface area contributed by atoms with Crippen LogP contribution in [0.2, 0.25) is 0 Å². The monoisotopic (exact) mass is 403 g/mol. The highest BCUT2D eigenvalue weighted by molar-refractivity contribution is 7.91. The van der Waals surface area contributed by atoms with Gasteiger partial charge in [0.05, 0.1) is 35.3 Å². The molecule has 1 aliphatic heterocycles. The summed E-state index contributed by atoms with van der Waals surface area (Å²) in [5.74, 6) is 2.50. The van der Waals surface area contributed by atoms with Crippen molar-refractivity contribution >= 4 is 32.8 Å². The van der Waals surface area contributed by atoms with Crippen molar-refractivity contribution in [3.05, 3.63) is 34.7 Å². The van der Waals surface area contributed by atoms with Crippen molar-refractivity contribution in [1.29, 1.82) is 0 Å². The number of hydrogen-bond donors (Lipinski definition) is 1. The Morgan fingerprint density at radius 2 is 2.30 bits per heavy atom. The van der Waals surface area contributed by atoms with Crippen LogP contribution in [0.25, 0.3) is 11.3 Å². The molecule has 1 aliphatic rings. The normalized spacial score (nSPS) is 18.3. The minimum Gasteiger partial charge on any atom is -0.325 e. The average molecular weight is 404 g/mol. The van der Waals surface area contributed by atoms with Gasteiger partial charge >= 0.3 is 0 Å². The van der Waals surface area contributed by atoms with Crippen molar-refractivity contribution in [3.8, 4) is 23.6 Å². The summed E-state index contributed by atoms with van der Waals surface area (Å²) in [5, 5.41) is 5.83. The van der Waals surface area contributed by atoms with Crippen LogP contribution < -0.4 is 5.32 Å². The number of rotatable bonds is 6. The largest absolute Gasteiger partial charge is 0.325 e. The lowest BCUT2D eigenvalue weighted by Crippen LogP contribution is -2.41. The van der Waals surface area contributed by atoms with Gasteiger partial charge in [-0.05, 0) is 25.5 Å². The van der Waals surface area contributed by atoms with Gasteiger partial charge in [0.2, 0.25) is 5.91 Å². The molecule has 1 saturated heterocycles. The molecule has 0 bridgehead atoms. The second-order valence-corrected chi connectivity index (χ2v) is 9.84. The number of nitrogens with one attached hydrogen (secondary N) is 1. The zero-order valence-corrected chi connectivity index (χ0v) is 16.6. The van der Waals surface area contributed by atoms with Crippen LogP contribution in [-0.2, 0) is 14.6 Å². The molecule has 0 aliphatic carbocycles. The van der Waals surface area contributed by atoms with E-state index in [0.29, 0.717) is 12.1 Å². The topological polar surface area (TPSA) is 79.4 Å². The summed E-state index contributed by atoms with van der Waals surface area (Å²) >= 11 is 1.57. The van der Waals surface area contributed by atoms with E-state index in [1.165, 1.54) is 0 Å². The zero-order chi connectivity index (χ0) is 19.4. The molecule has 8 heteroatoms. The van der Waals surface area contributed by atoms with Crippen molar-refractivity contribution < 1.29 is 13.2 Å². The third-order valence-electron chi connectivity index (χ3n) is 4.43. The van der Waals surface area contributed by atoms with E-state index in [0.717, 1.165) is 16.3 Å². The molecule has 2 heterocycles. The van der Waals surface area contributed by atoms with Crippen LogP contribution in [0.4, 0.5) is 5.69 Å². The van der Waals surface area contributed by atoms with Gasteiger partial charge in [0.15, 0.2) is 9.84 Å². The fourth-order valence-corrected chi connectivity index (χ4v) is 5.52. The Hall–Kier alpha value is -2.21. The molecule has 0 radical (unpaired) electrons. The third-order valence-corrected chi connectivity index (χ3v) is 6.95. The Kier molecular flexibility index (Phi) is 5.95. The Labute approximate surface area is 163 Å². The van der Waals surface area contributed by atoms with Crippen molar-refractivity contribution in [2.75, 3.05) is 29.9 Å². The van der Waals surface area contributed by atoms with Crippen LogP contribution >= 0.6 is 11.3 Å². The SMILES string of the molecule is C#CCN(CC(=O)Nc1cccc(-c2csc(C)n2)c1)C1CCS(=O)(=O)C1. The van der Waals surface area contributed by atoms with Crippen LogP contribution in [-0.4, -0.2) is 54.8 Å². The summed E-state index contributed by atoms with van der Waals surface area (Å²) in [6.45, 7) is 2.25. The van der Waals surface area contributed by atoms with Gasteiger partial charge in [-0.25, -0.2) is 13.4 Å². The highest BCUT2D eigenvalue weighted by atomic mass is 32.2. The molecule has 27 heavy (non-hydrogen) atoms. The summed E-state index contributed by atoms with van der Waals surface area (Å²) in [5.41, 5.74) is 2.47. The highest BCUT2D eigenvalue weighted by Gasteiger charge is 2.32. The number of aryl methyl sites for hydroxylation is 1. The van der Waals surface area contributed by atoms with E-state index < -0.39 is 9.84 Å². The fourth-order valence-electron chi connectivity index (χ4n) is 3.13. The van der Waals surface area contributed by atoms with E-state index in [-0.39, 0.29) is 36.5 Å². The maximum atomic E-state index is 12.5. The minimum atomic E-state index is -3.04. The van der Waals surface area contributed by atoms with Crippen molar-refractivity contribution in [2.45, 2.75) is 19.4 Å². The predicted octanol–water partition coefficient (Wildman–Crippen LogP) is 2.18. The molecule has 1 atom stereocenters. The molecule has 1 N–H and O–H groups in total. The molecule has 1 aromatic carbocycles. The number of anilines is 1. The molecule has 1 fully saturated rings. The lowest BCUT2D eigenvalue weighted by Gasteiger charge is -2.25. The van der Waals surface area contributed by atoms with Crippen molar-refractivity contribution in [1.82, 2.24) is 9.88 Å². The van der Waals surface area contributed by atoms with Crippen molar-refractivity contribution in [3.63, 3.8) is 0 Å². The first kappa shape index (κ1) is 19.5. The molecule has 2 aromatic rings. The van der Waals surface area contributed by atoms with Gasteiger partial charge in [-0.3, -0.25) is 9.69 Å². The summed E-state index contributed by atoms with van der Waals surface area (Å²) in [6, 6.07) is 7.28. The van der Waals surface area contributed by atoms with Gasteiger partial charge in [-0.1, -0.05) is 18.1 Å². The molecule has 6 nitrogen and oxygen atoms in total.